The van der Waals surface area contributed by atoms with Gasteiger partial charge in [-0.3, -0.25) is 10.1 Å². The highest BCUT2D eigenvalue weighted by Gasteiger charge is 2.10. The van der Waals surface area contributed by atoms with Crippen LogP contribution in [0.1, 0.15) is 4.88 Å². The Morgan fingerprint density at radius 2 is 2.11 bits per heavy atom. The number of hydrogen-bond acceptors (Lipinski definition) is 4. The van der Waals surface area contributed by atoms with Gasteiger partial charge in [-0.15, -0.1) is 11.3 Å². The first-order chi connectivity index (χ1) is 8.56. The first kappa shape index (κ1) is 13.5. The third-order valence-corrected chi connectivity index (χ3v) is 4.49. The van der Waals surface area contributed by atoms with E-state index in [0.717, 1.165) is 9.35 Å². The van der Waals surface area contributed by atoms with Gasteiger partial charge in [0.2, 0.25) is 0 Å². The van der Waals surface area contributed by atoms with E-state index in [1.807, 2.05) is 11.4 Å². The maximum absolute atomic E-state index is 10.7. The van der Waals surface area contributed by atoms with Crippen molar-refractivity contribution in [1.82, 2.24) is 0 Å². The minimum atomic E-state index is -0.446. The van der Waals surface area contributed by atoms with Crippen LogP contribution in [0, 0.1) is 10.1 Å². The minimum absolute atomic E-state index is 0.00428. The van der Waals surface area contributed by atoms with Gasteiger partial charge >= 0.3 is 0 Å². The van der Waals surface area contributed by atoms with Gasteiger partial charge in [-0.1, -0.05) is 15.9 Å². The van der Waals surface area contributed by atoms with Gasteiger partial charge in [0, 0.05) is 15.0 Å². The van der Waals surface area contributed by atoms with Crippen LogP contribution in [0.4, 0.5) is 5.69 Å². The molecule has 0 spiro atoms. The van der Waals surface area contributed by atoms with Gasteiger partial charge in [-0.2, -0.15) is 0 Å². The van der Waals surface area contributed by atoms with Crippen molar-refractivity contribution in [2.24, 2.45) is 0 Å². The highest BCUT2D eigenvalue weighted by molar-refractivity contribution is 9.10. The molecule has 0 saturated carbocycles. The molecule has 0 radical (unpaired) electrons. The fourth-order valence-electron chi connectivity index (χ4n) is 1.31. The van der Waals surface area contributed by atoms with Crippen LogP contribution in [0.2, 0.25) is 0 Å². The van der Waals surface area contributed by atoms with E-state index in [2.05, 4.69) is 31.9 Å². The average Bonchev–Trinajstić information content (AvgIpc) is 2.71. The van der Waals surface area contributed by atoms with E-state index in [1.54, 1.807) is 17.4 Å². The van der Waals surface area contributed by atoms with Crippen LogP contribution in [0.5, 0.6) is 5.75 Å². The molecule has 0 amide bonds. The van der Waals surface area contributed by atoms with E-state index in [-0.39, 0.29) is 5.69 Å². The second-order valence-corrected chi connectivity index (χ2v) is 6.15. The van der Waals surface area contributed by atoms with Crippen molar-refractivity contribution >= 4 is 48.9 Å². The first-order valence-electron chi connectivity index (χ1n) is 4.86. The molecule has 2 rings (SSSR count). The van der Waals surface area contributed by atoms with Gasteiger partial charge in [-0.05, 0) is 33.4 Å². The molecular weight excluding hydrogens is 386 g/mol. The summed E-state index contributed by atoms with van der Waals surface area (Å²) >= 11 is 8.19. The predicted octanol–water partition coefficient (Wildman–Crippen LogP) is 4.76. The zero-order chi connectivity index (χ0) is 13.1. The Kier molecular flexibility index (Phi) is 4.36. The van der Waals surface area contributed by atoms with E-state index >= 15 is 0 Å². The standard InChI is InChI=1S/C11H7Br2NO3S/c12-7-3-8(14(15)16)5-9(4-7)17-6-11-10(13)1-2-18-11/h1-5H,6H2. The number of nitro benzene ring substituents is 1. The highest BCUT2D eigenvalue weighted by Crippen LogP contribution is 2.28. The molecule has 0 N–H and O–H groups in total. The highest BCUT2D eigenvalue weighted by atomic mass is 79.9. The molecule has 94 valence electrons. The molecule has 1 aromatic carbocycles. The van der Waals surface area contributed by atoms with E-state index in [1.165, 1.54) is 12.1 Å². The Balaban J connectivity index is 2.14. The van der Waals surface area contributed by atoms with Gasteiger partial charge in [0.15, 0.2) is 0 Å². The second-order valence-electron chi connectivity index (χ2n) is 3.38. The lowest BCUT2D eigenvalue weighted by Crippen LogP contribution is -1.95. The van der Waals surface area contributed by atoms with Crippen LogP contribution < -0.4 is 4.74 Å². The van der Waals surface area contributed by atoms with Crippen LogP contribution in [-0.2, 0) is 6.61 Å². The lowest BCUT2D eigenvalue weighted by molar-refractivity contribution is -0.385. The molecule has 1 aromatic heterocycles. The van der Waals surface area contributed by atoms with Gasteiger partial charge in [0.05, 0.1) is 15.9 Å². The zero-order valence-electron chi connectivity index (χ0n) is 8.93. The number of rotatable bonds is 4. The van der Waals surface area contributed by atoms with Crippen molar-refractivity contribution in [1.29, 1.82) is 0 Å². The third-order valence-electron chi connectivity index (χ3n) is 2.13. The van der Waals surface area contributed by atoms with Crippen LogP contribution in [0.25, 0.3) is 0 Å². The number of benzene rings is 1. The molecule has 0 aliphatic carbocycles. The van der Waals surface area contributed by atoms with Crippen molar-refractivity contribution in [2.45, 2.75) is 6.61 Å². The van der Waals surface area contributed by atoms with Crippen LogP contribution in [-0.4, -0.2) is 4.92 Å². The van der Waals surface area contributed by atoms with Gasteiger partial charge in [0.1, 0.15) is 12.4 Å². The van der Waals surface area contributed by atoms with Gasteiger partial charge < -0.3 is 4.74 Å². The molecule has 0 saturated heterocycles. The number of hydrogen-bond donors (Lipinski definition) is 0. The summed E-state index contributed by atoms with van der Waals surface area (Å²) in [5.41, 5.74) is 0.00428. The van der Waals surface area contributed by atoms with Crippen LogP contribution in [0.15, 0.2) is 38.6 Å². The molecule has 0 aliphatic heterocycles. The minimum Gasteiger partial charge on any atom is -0.488 e. The van der Waals surface area contributed by atoms with Crippen molar-refractivity contribution in [3.63, 3.8) is 0 Å². The van der Waals surface area contributed by atoms with E-state index in [9.17, 15) is 10.1 Å². The molecule has 0 fully saturated rings. The number of halogens is 2. The summed E-state index contributed by atoms with van der Waals surface area (Å²) in [6, 6.07) is 6.49. The fourth-order valence-corrected chi connectivity index (χ4v) is 3.15. The average molecular weight is 393 g/mol. The summed E-state index contributed by atoms with van der Waals surface area (Å²) in [5.74, 6) is 0.469. The summed E-state index contributed by atoms with van der Waals surface area (Å²) in [5, 5.41) is 12.7. The summed E-state index contributed by atoms with van der Waals surface area (Å²) < 4.78 is 7.15. The molecule has 18 heavy (non-hydrogen) atoms. The second kappa shape index (κ2) is 5.81. The van der Waals surface area contributed by atoms with E-state index < -0.39 is 4.92 Å². The maximum Gasteiger partial charge on any atom is 0.274 e. The Labute approximate surface area is 124 Å². The first-order valence-corrected chi connectivity index (χ1v) is 7.32. The predicted molar refractivity (Wildman–Crippen MR) is 77.1 cm³/mol. The fraction of sp³-hybridized carbons (Fsp3) is 0.0909. The Bertz CT molecular complexity index is 585. The Morgan fingerprint density at radius 1 is 1.33 bits per heavy atom. The Morgan fingerprint density at radius 3 is 2.72 bits per heavy atom. The summed E-state index contributed by atoms with van der Waals surface area (Å²) in [4.78, 5) is 11.3. The number of nitrogens with zero attached hydrogens (tertiary/aromatic N) is 1. The third kappa shape index (κ3) is 3.30. The molecule has 0 unspecified atom stereocenters. The molecule has 0 atom stereocenters. The summed E-state index contributed by atoms with van der Waals surface area (Å²) in [7, 11) is 0. The largest absolute Gasteiger partial charge is 0.488 e. The van der Waals surface area contributed by atoms with Crippen LogP contribution >= 0.6 is 43.2 Å². The quantitative estimate of drug-likeness (QED) is 0.556. The molecule has 7 heteroatoms. The number of thiophene rings is 1. The topological polar surface area (TPSA) is 52.4 Å². The number of ether oxygens (including phenoxy) is 1. The maximum atomic E-state index is 10.7. The van der Waals surface area contributed by atoms with Crippen molar-refractivity contribution in [2.75, 3.05) is 0 Å². The smallest absolute Gasteiger partial charge is 0.274 e. The Hall–Kier alpha value is -0.920. The van der Waals surface area contributed by atoms with Gasteiger partial charge in [0.25, 0.3) is 5.69 Å². The molecule has 2 aromatic rings. The molecule has 1 heterocycles. The molecule has 0 aliphatic rings. The van der Waals surface area contributed by atoms with Gasteiger partial charge in [-0.25, -0.2) is 0 Å². The molecule has 4 nitrogen and oxygen atoms in total. The SMILES string of the molecule is O=[N+]([O-])c1cc(Br)cc(OCc2sccc2Br)c1. The number of nitro groups is 1. The van der Waals surface area contributed by atoms with Crippen molar-refractivity contribution < 1.29 is 9.66 Å². The van der Waals surface area contributed by atoms with Crippen LogP contribution in [0.3, 0.4) is 0 Å². The number of non-ortho nitro benzene ring substituents is 1. The zero-order valence-corrected chi connectivity index (χ0v) is 12.9. The lowest BCUT2D eigenvalue weighted by Gasteiger charge is -2.05. The lowest BCUT2D eigenvalue weighted by atomic mass is 10.3. The van der Waals surface area contributed by atoms with Crippen molar-refractivity contribution in [3.8, 4) is 5.75 Å². The van der Waals surface area contributed by atoms with E-state index in [0.29, 0.717) is 16.8 Å². The van der Waals surface area contributed by atoms with E-state index in [4.69, 9.17) is 4.74 Å². The normalized spacial score (nSPS) is 10.3. The summed E-state index contributed by atoms with van der Waals surface area (Å²) in [6.45, 7) is 0.381. The van der Waals surface area contributed by atoms with Crippen molar-refractivity contribution in [3.05, 3.63) is 53.6 Å². The summed E-state index contributed by atoms with van der Waals surface area (Å²) in [6.07, 6.45) is 0. The molecular formula is C11H7Br2NO3S. The monoisotopic (exact) mass is 391 g/mol. The molecule has 0 bridgehead atoms.